The largest absolute Gasteiger partial charge is 0.385 e. The molecule has 0 aliphatic carbocycles. The summed E-state index contributed by atoms with van der Waals surface area (Å²) in [6.07, 6.45) is 0.840. The molecule has 0 bridgehead atoms. The fourth-order valence-corrected chi connectivity index (χ4v) is 1.60. The molecule has 4 heteroatoms. The van der Waals surface area contributed by atoms with Crippen molar-refractivity contribution in [3.63, 3.8) is 0 Å². The molecule has 90 valence electrons. The molecular weight excluding hydrogens is 204 g/mol. The van der Waals surface area contributed by atoms with Crippen LogP contribution >= 0.6 is 0 Å². The predicted molar refractivity (Wildman–Crippen MR) is 63.7 cm³/mol. The number of methoxy groups -OCH3 is 1. The maximum atomic E-state index is 11.8. The summed E-state index contributed by atoms with van der Waals surface area (Å²) in [7, 11) is 3.62. The van der Waals surface area contributed by atoms with Gasteiger partial charge in [-0.15, -0.1) is 0 Å². The number of rotatable bonds is 5. The first-order valence-corrected chi connectivity index (χ1v) is 5.48. The fraction of sp³-hybridized carbons (Fsp3) is 0.583. The lowest BCUT2D eigenvalue weighted by Crippen LogP contribution is -2.25. The Bertz CT molecular complexity index is 369. The first-order valence-electron chi connectivity index (χ1n) is 5.48. The lowest BCUT2D eigenvalue weighted by atomic mass is 10.2. The third-order valence-corrected chi connectivity index (χ3v) is 2.83. The first-order chi connectivity index (χ1) is 7.57. The molecule has 0 unspecified atom stereocenters. The molecule has 0 saturated carbocycles. The van der Waals surface area contributed by atoms with E-state index < -0.39 is 0 Å². The molecule has 0 aliphatic heterocycles. The predicted octanol–water partition coefficient (Wildman–Crippen LogP) is 1.41. The number of carbonyl (C=O) groups excluding carboxylic acids is 1. The van der Waals surface area contributed by atoms with E-state index in [0.29, 0.717) is 13.2 Å². The monoisotopic (exact) mass is 224 g/mol. The minimum absolute atomic E-state index is 0.00250. The van der Waals surface area contributed by atoms with Gasteiger partial charge < -0.3 is 14.6 Å². The normalized spacial score (nSPS) is 10.5. The second-order valence-electron chi connectivity index (χ2n) is 3.95. The van der Waals surface area contributed by atoms with Gasteiger partial charge in [-0.2, -0.15) is 0 Å². The summed E-state index contributed by atoms with van der Waals surface area (Å²) < 4.78 is 6.94. The zero-order chi connectivity index (χ0) is 12.1. The number of carbonyl (C=O) groups is 1. The highest BCUT2D eigenvalue weighted by atomic mass is 16.5. The third kappa shape index (κ3) is 2.85. The molecule has 0 aliphatic rings. The molecule has 1 amide bonds. The standard InChI is InChI=1S/C12H20N2O2/c1-9-8-11(10(2)14(9)3)12(15)13-6-5-7-16-4/h8H,5-7H2,1-4H3,(H,13,15). The Morgan fingerprint density at radius 2 is 2.19 bits per heavy atom. The number of aryl methyl sites for hydroxylation is 1. The summed E-state index contributed by atoms with van der Waals surface area (Å²) >= 11 is 0. The third-order valence-electron chi connectivity index (χ3n) is 2.83. The number of nitrogens with one attached hydrogen (secondary N) is 1. The molecule has 1 heterocycles. The maximum Gasteiger partial charge on any atom is 0.253 e. The van der Waals surface area contributed by atoms with Gasteiger partial charge in [0, 0.05) is 38.7 Å². The van der Waals surface area contributed by atoms with Crippen LogP contribution < -0.4 is 5.32 Å². The van der Waals surface area contributed by atoms with E-state index in [0.717, 1.165) is 23.4 Å². The summed E-state index contributed by atoms with van der Waals surface area (Å²) in [5.74, 6) is -0.00250. The van der Waals surface area contributed by atoms with Crippen LogP contribution in [0.5, 0.6) is 0 Å². The molecule has 0 atom stereocenters. The van der Waals surface area contributed by atoms with Gasteiger partial charge in [0.2, 0.25) is 0 Å². The molecule has 1 aromatic heterocycles. The van der Waals surface area contributed by atoms with E-state index in [-0.39, 0.29) is 5.91 Å². The second kappa shape index (κ2) is 5.70. The number of hydrogen-bond acceptors (Lipinski definition) is 2. The van der Waals surface area contributed by atoms with Crippen molar-refractivity contribution in [2.45, 2.75) is 20.3 Å². The van der Waals surface area contributed by atoms with Crippen molar-refractivity contribution in [2.24, 2.45) is 7.05 Å². The van der Waals surface area contributed by atoms with E-state index in [1.54, 1.807) is 7.11 Å². The number of ether oxygens (including phenoxy) is 1. The van der Waals surface area contributed by atoms with Gasteiger partial charge in [0.05, 0.1) is 5.56 Å². The van der Waals surface area contributed by atoms with E-state index in [4.69, 9.17) is 4.74 Å². The molecule has 1 aromatic rings. The van der Waals surface area contributed by atoms with Crippen LogP contribution in [-0.2, 0) is 11.8 Å². The van der Waals surface area contributed by atoms with Crippen LogP contribution in [0.4, 0.5) is 0 Å². The van der Waals surface area contributed by atoms with Crippen LogP contribution in [0.1, 0.15) is 28.2 Å². The number of aromatic nitrogens is 1. The highest BCUT2D eigenvalue weighted by Gasteiger charge is 2.12. The molecule has 0 spiro atoms. The van der Waals surface area contributed by atoms with Gasteiger partial charge in [-0.05, 0) is 26.3 Å². The SMILES string of the molecule is COCCCNC(=O)c1cc(C)n(C)c1C. The Morgan fingerprint density at radius 3 is 2.69 bits per heavy atom. The Morgan fingerprint density at radius 1 is 1.50 bits per heavy atom. The average molecular weight is 224 g/mol. The Kier molecular flexibility index (Phi) is 4.55. The summed E-state index contributed by atoms with van der Waals surface area (Å²) in [5, 5.41) is 2.88. The van der Waals surface area contributed by atoms with Crippen LogP contribution in [0.3, 0.4) is 0 Å². The first kappa shape index (κ1) is 12.8. The van der Waals surface area contributed by atoms with Crippen LogP contribution in [0, 0.1) is 13.8 Å². The molecule has 0 fully saturated rings. The Balaban J connectivity index is 2.56. The van der Waals surface area contributed by atoms with E-state index in [1.165, 1.54) is 0 Å². The lowest BCUT2D eigenvalue weighted by molar-refractivity contribution is 0.0948. The molecular formula is C12H20N2O2. The highest BCUT2D eigenvalue weighted by Crippen LogP contribution is 2.12. The van der Waals surface area contributed by atoms with Crippen molar-refractivity contribution in [1.82, 2.24) is 9.88 Å². The van der Waals surface area contributed by atoms with Crippen molar-refractivity contribution in [3.05, 3.63) is 23.0 Å². The second-order valence-corrected chi connectivity index (χ2v) is 3.95. The van der Waals surface area contributed by atoms with Gasteiger partial charge in [0.1, 0.15) is 0 Å². The smallest absolute Gasteiger partial charge is 0.253 e. The minimum Gasteiger partial charge on any atom is -0.385 e. The van der Waals surface area contributed by atoms with Gasteiger partial charge in [0.15, 0.2) is 0 Å². The van der Waals surface area contributed by atoms with Crippen LogP contribution in [0.25, 0.3) is 0 Å². The van der Waals surface area contributed by atoms with Gasteiger partial charge >= 0.3 is 0 Å². The molecule has 16 heavy (non-hydrogen) atoms. The van der Waals surface area contributed by atoms with E-state index in [9.17, 15) is 4.79 Å². The molecule has 4 nitrogen and oxygen atoms in total. The Labute approximate surface area is 96.6 Å². The van der Waals surface area contributed by atoms with E-state index in [2.05, 4.69) is 5.32 Å². The summed E-state index contributed by atoms with van der Waals surface area (Å²) in [6, 6.07) is 1.92. The topological polar surface area (TPSA) is 43.3 Å². The fourth-order valence-electron chi connectivity index (χ4n) is 1.60. The van der Waals surface area contributed by atoms with Gasteiger partial charge in [-0.1, -0.05) is 0 Å². The molecule has 1 N–H and O–H groups in total. The number of amides is 1. The summed E-state index contributed by atoms with van der Waals surface area (Å²) in [4.78, 5) is 11.8. The van der Waals surface area contributed by atoms with Crippen LogP contribution in [0.15, 0.2) is 6.07 Å². The Hall–Kier alpha value is -1.29. The zero-order valence-corrected chi connectivity index (χ0v) is 10.5. The van der Waals surface area contributed by atoms with Gasteiger partial charge in [-0.3, -0.25) is 4.79 Å². The number of nitrogens with zero attached hydrogens (tertiary/aromatic N) is 1. The maximum absolute atomic E-state index is 11.8. The van der Waals surface area contributed by atoms with Crippen molar-refractivity contribution < 1.29 is 9.53 Å². The molecule has 0 saturated heterocycles. The van der Waals surface area contributed by atoms with Crippen LogP contribution in [0.2, 0.25) is 0 Å². The van der Waals surface area contributed by atoms with E-state index in [1.807, 2.05) is 31.5 Å². The lowest BCUT2D eigenvalue weighted by Gasteiger charge is -2.05. The van der Waals surface area contributed by atoms with Gasteiger partial charge in [0.25, 0.3) is 5.91 Å². The van der Waals surface area contributed by atoms with Gasteiger partial charge in [-0.25, -0.2) is 0 Å². The zero-order valence-electron chi connectivity index (χ0n) is 10.5. The van der Waals surface area contributed by atoms with Crippen molar-refractivity contribution in [3.8, 4) is 0 Å². The average Bonchev–Trinajstić information content (AvgIpc) is 2.52. The van der Waals surface area contributed by atoms with Crippen molar-refractivity contribution in [2.75, 3.05) is 20.3 Å². The quantitative estimate of drug-likeness (QED) is 0.768. The minimum atomic E-state index is -0.00250. The van der Waals surface area contributed by atoms with Crippen molar-refractivity contribution in [1.29, 1.82) is 0 Å². The summed E-state index contributed by atoms with van der Waals surface area (Å²) in [5.41, 5.74) is 2.86. The highest BCUT2D eigenvalue weighted by molar-refractivity contribution is 5.95. The van der Waals surface area contributed by atoms with Crippen LogP contribution in [-0.4, -0.2) is 30.7 Å². The van der Waals surface area contributed by atoms with E-state index >= 15 is 0 Å². The summed E-state index contributed by atoms with van der Waals surface area (Å²) in [6.45, 7) is 5.28. The van der Waals surface area contributed by atoms with Crippen molar-refractivity contribution >= 4 is 5.91 Å². The number of hydrogen-bond donors (Lipinski definition) is 1. The molecule has 0 radical (unpaired) electrons. The molecule has 1 rings (SSSR count). The molecule has 0 aromatic carbocycles.